The Labute approximate surface area is 102 Å². The van der Waals surface area contributed by atoms with Crippen LogP contribution >= 0.6 is 0 Å². The Kier molecular flexibility index (Phi) is 108. The van der Waals surface area contributed by atoms with Crippen LogP contribution in [-0.4, -0.2) is 40.4 Å². The van der Waals surface area contributed by atoms with Crippen LogP contribution in [-0.2, 0) is 19.5 Å². The zero-order valence-corrected chi connectivity index (χ0v) is 9.44. The molecule has 0 aromatic heterocycles. The monoisotopic (exact) mass is 260 g/mol. The molecule has 0 atom stereocenters. The Hall–Kier alpha value is 3.30. The van der Waals surface area contributed by atoms with Crippen LogP contribution in [0, 0.1) is 41.7 Å². The number of hydrogen-bond donors (Lipinski definition) is 0. The summed E-state index contributed by atoms with van der Waals surface area (Å²) in [5, 5.41) is 0. The zero-order chi connectivity index (χ0) is 0. The van der Waals surface area contributed by atoms with Gasteiger partial charge in [-0.25, -0.2) is 0 Å². The predicted octanol–water partition coefficient (Wildman–Crippen LogP) is -1.34. The summed E-state index contributed by atoms with van der Waals surface area (Å²) < 4.78 is 0. The van der Waals surface area contributed by atoms with E-state index in [-0.39, 0.29) is 104 Å². The van der Waals surface area contributed by atoms with Gasteiger partial charge in [-0.3, -0.25) is 0 Å². The summed E-state index contributed by atoms with van der Waals surface area (Å²) in [4.78, 5) is 0. The summed E-state index contributed by atoms with van der Waals surface area (Å²) in [6.45, 7) is 0. The van der Waals surface area contributed by atoms with E-state index < -0.39 is 0 Å². The van der Waals surface area contributed by atoms with Crippen LogP contribution in [0.3, 0.4) is 0 Å². The fraction of sp³-hybridized carbons (Fsp3) is 0. The molecular formula is H5AlCeMgZn. The Morgan fingerprint density at radius 2 is 1.25 bits per heavy atom. The second-order valence-corrected chi connectivity index (χ2v) is 0. The molecule has 0 unspecified atom stereocenters. The Bertz CT molecular complexity index is 13.5. The second-order valence-electron chi connectivity index (χ2n) is 0. The predicted molar refractivity (Wildman–Crippen MR) is 17.9 cm³/mol. The SMILES string of the molecule is [AlH3].[Ce].[H-].[H-].[Mg+2].[Zn]. The van der Waals surface area contributed by atoms with Crippen molar-refractivity contribution >= 4 is 40.4 Å². The molecule has 0 aromatic rings. The van der Waals surface area contributed by atoms with E-state index in [0.717, 1.165) is 0 Å². The van der Waals surface area contributed by atoms with E-state index in [1.165, 1.54) is 0 Å². The maximum atomic E-state index is 0. The van der Waals surface area contributed by atoms with Gasteiger partial charge in [0.05, 0.1) is 0 Å². The van der Waals surface area contributed by atoms with Gasteiger partial charge in [0.15, 0.2) is 17.4 Å². The molecule has 0 aliphatic heterocycles. The molecule has 16 valence electrons. The topological polar surface area (TPSA) is 0 Å². The quantitative estimate of drug-likeness (QED) is 0.474. The second kappa shape index (κ2) is 16.3. The van der Waals surface area contributed by atoms with Crippen LogP contribution in [0.4, 0.5) is 0 Å². The van der Waals surface area contributed by atoms with Crippen molar-refractivity contribution < 1.29 is 64.1 Å². The fourth-order valence-electron chi connectivity index (χ4n) is 0. The first-order valence-electron chi connectivity index (χ1n) is 0. The van der Waals surface area contributed by atoms with Crippen LogP contribution in [0.15, 0.2) is 0 Å². The Morgan fingerprint density at radius 1 is 1.25 bits per heavy atom. The van der Waals surface area contributed by atoms with Gasteiger partial charge in [-0.1, -0.05) is 0 Å². The Morgan fingerprint density at radius 3 is 1.25 bits per heavy atom. The van der Waals surface area contributed by atoms with Crippen molar-refractivity contribution in [3.05, 3.63) is 0 Å². The number of rotatable bonds is 0. The maximum Gasteiger partial charge on any atom is 2.00 e. The van der Waals surface area contributed by atoms with Gasteiger partial charge in [0.1, 0.15) is 0 Å². The van der Waals surface area contributed by atoms with Gasteiger partial charge < -0.3 is 2.85 Å². The average Bonchev–Trinajstić information content (AvgIpc) is 0. The van der Waals surface area contributed by atoms with E-state index in [9.17, 15) is 0 Å². The molecule has 0 saturated heterocycles. The molecule has 0 amide bonds. The molecule has 0 aliphatic carbocycles. The third-order valence-corrected chi connectivity index (χ3v) is 0. The molecule has 0 aliphatic rings. The molecular weight excluding hydrogens is 257 g/mol. The first-order valence-corrected chi connectivity index (χ1v) is 0. The van der Waals surface area contributed by atoms with Crippen LogP contribution < -0.4 is 0 Å². The molecule has 0 radical (unpaired) electrons. The van der Waals surface area contributed by atoms with E-state index in [0.29, 0.717) is 0 Å². The maximum absolute atomic E-state index is 0. The standard InChI is InChI=1S/Al.Ce.Mg.Zn.5H/q;;+2;;;;;2*-1. The summed E-state index contributed by atoms with van der Waals surface area (Å²) in [5.41, 5.74) is 0. The normalized spacial score (nSPS) is 0. The van der Waals surface area contributed by atoms with Gasteiger partial charge in [-0.2, -0.15) is 0 Å². The van der Waals surface area contributed by atoms with Crippen molar-refractivity contribution in [3.63, 3.8) is 0 Å². The van der Waals surface area contributed by atoms with Crippen molar-refractivity contribution in [2.45, 2.75) is 0 Å². The summed E-state index contributed by atoms with van der Waals surface area (Å²) in [7, 11) is 0. The van der Waals surface area contributed by atoms with E-state index >= 15 is 0 Å². The van der Waals surface area contributed by atoms with E-state index in [1.54, 1.807) is 0 Å². The molecule has 0 heterocycles. The smallest absolute Gasteiger partial charge is 1.00 e. The Balaban J connectivity index is 0. The summed E-state index contributed by atoms with van der Waals surface area (Å²) >= 11 is 0. The minimum Gasteiger partial charge on any atom is -1.00 e. The summed E-state index contributed by atoms with van der Waals surface area (Å²) in [5.74, 6) is 0. The molecule has 0 nitrogen and oxygen atoms in total. The van der Waals surface area contributed by atoms with Crippen molar-refractivity contribution in [1.29, 1.82) is 0 Å². The van der Waals surface area contributed by atoms with Gasteiger partial charge in [0.2, 0.25) is 0 Å². The van der Waals surface area contributed by atoms with Crippen LogP contribution in [0.25, 0.3) is 0 Å². The van der Waals surface area contributed by atoms with Crippen molar-refractivity contribution in [3.8, 4) is 0 Å². The van der Waals surface area contributed by atoms with Crippen LogP contribution in [0.2, 0.25) is 0 Å². The molecule has 0 N–H and O–H groups in total. The molecule has 0 bridgehead atoms. The average molecular weight is 262 g/mol. The van der Waals surface area contributed by atoms with Crippen molar-refractivity contribution in [2.75, 3.05) is 0 Å². The van der Waals surface area contributed by atoms with Crippen molar-refractivity contribution in [2.24, 2.45) is 0 Å². The fourth-order valence-corrected chi connectivity index (χ4v) is 0. The molecule has 0 rings (SSSR count). The van der Waals surface area contributed by atoms with Gasteiger partial charge >= 0.3 is 23.1 Å². The van der Waals surface area contributed by atoms with Crippen molar-refractivity contribution in [1.82, 2.24) is 0 Å². The zero-order valence-electron chi connectivity index (χ0n) is 3.91. The minimum atomic E-state index is 0. The van der Waals surface area contributed by atoms with Gasteiger partial charge in [-0.05, 0) is 0 Å². The van der Waals surface area contributed by atoms with Gasteiger partial charge in [-0.15, -0.1) is 0 Å². The molecule has 0 fully saturated rings. The summed E-state index contributed by atoms with van der Waals surface area (Å²) in [6.07, 6.45) is 0. The molecule has 0 saturated carbocycles. The number of hydrogen-bond acceptors (Lipinski definition) is 0. The third-order valence-electron chi connectivity index (χ3n) is 0. The van der Waals surface area contributed by atoms with E-state index in [4.69, 9.17) is 0 Å². The van der Waals surface area contributed by atoms with Gasteiger partial charge in [0.25, 0.3) is 0 Å². The van der Waals surface area contributed by atoms with Gasteiger partial charge in [0, 0.05) is 61.2 Å². The molecule has 4 heavy (non-hydrogen) atoms. The van der Waals surface area contributed by atoms with E-state index in [1.807, 2.05) is 0 Å². The van der Waals surface area contributed by atoms with Crippen LogP contribution in [0.5, 0.6) is 0 Å². The first-order chi connectivity index (χ1) is 0. The minimum absolute atomic E-state index is 0. The first kappa shape index (κ1) is 26.6. The van der Waals surface area contributed by atoms with Crippen LogP contribution in [0.1, 0.15) is 2.85 Å². The molecule has 0 spiro atoms. The molecule has 0 aromatic carbocycles. The molecule has 4 heteroatoms. The largest absolute Gasteiger partial charge is 2.00 e. The third kappa shape index (κ3) is 9.00. The summed E-state index contributed by atoms with van der Waals surface area (Å²) in [6, 6.07) is 0. The van der Waals surface area contributed by atoms with E-state index in [2.05, 4.69) is 0 Å².